The van der Waals surface area contributed by atoms with Gasteiger partial charge in [-0.1, -0.05) is 151 Å². The monoisotopic (exact) mass is 1340 g/mol. The fourth-order valence-corrected chi connectivity index (χ4v) is 12.8. The van der Waals surface area contributed by atoms with Crippen LogP contribution in [0, 0.1) is 47.3 Å². The van der Waals surface area contributed by atoms with Crippen molar-refractivity contribution < 1.29 is 67.3 Å². The van der Waals surface area contributed by atoms with E-state index in [1.54, 1.807) is 47.7 Å². The molecular formula is C74H116N8O14. The Morgan fingerprint density at radius 2 is 1.04 bits per heavy atom. The van der Waals surface area contributed by atoms with Gasteiger partial charge >= 0.3 is 11.9 Å². The number of hydrogen-bond donors (Lipinski definition) is 3. The van der Waals surface area contributed by atoms with Crippen molar-refractivity contribution in [2.45, 2.75) is 210 Å². The van der Waals surface area contributed by atoms with Gasteiger partial charge in [0, 0.05) is 74.0 Å². The number of allylic oxidation sites excluding steroid dienone is 2. The summed E-state index contributed by atoms with van der Waals surface area (Å²) in [6.45, 7) is 27.8. The molecule has 2 aromatic rings. The number of likely N-dealkylation sites (N-methyl/N-ethyl adjacent to an activating group) is 6. The summed E-state index contributed by atoms with van der Waals surface area (Å²) in [5.41, 5.74) is 4.31. The number of nitrogens with zero attached hydrogens (tertiary/aromatic N) is 6. The first-order chi connectivity index (χ1) is 44.9. The topological polar surface area (TPSA) is 270 Å². The number of fused-ring (bicyclic) bond motifs is 3. The molecule has 1 aliphatic rings. The number of ether oxygens (including phenoxy) is 2. The van der Waals surface area contributed by atoms with E-state index < -0.39 is 131 Å². The smallest absolute Gasteiger partial charge is 0.306 e. The predicted octanol–water partition coefficient (Wildman–Crippen LogP) is 7.91. The highest BCUT2D eigenvalue weighted by molar-refractivity contribution is 5.98. The van der Waals surface area contributed by atoms with Gasteiger partial charge in [0.05, 0.1) is 25.0 Å². The molecule has 3 rings (SSSR count). The van der Waals surface area contributed by atoms with Crippen molar-refractivity contribution in [3.63, 3.8) is 0 Å². The second-order valence-electron chi connectivity index (χ2n) is 28.4. The Bertz CT molecular complexity index is 2970. The highest BCUT2D eigenvalue weighted by atomic mass is 16.5. The van der Waals surface area contributed by atoms with Crippen molar-refractivity contribution in [3.8, 4) is 11.1 Å². The number of aliphatic hydroxyl groups excluding tert-OH is 1. The number of carbonyl (C=O) groups is 11. The van der Waals surface area contributed by atoms with Gasteiger partial charge < -0.3 is 54.6 Å². The maximum absolute atomic E-state index is 15.2. The molecule has 0 radical (unpaired) electrons. The number of benzene rings is 2. The average molecular weight is 1340 g/mol. The normalized spacial score (nSPS) is 15.6. The lowest BCUT2D eigenvalue weighted by atomic mass is 9.88. The van der Waals surface area contributed by atoms with Crippen molar-refractivity contribution in [2.24, 2.45) is 47.3 Å². The number of Topliss-reactive ketones (excluding diaryl/α,β-unsaturated/α-hetero) is 1. The molecule has 22 nitrogen and oxygen atoms in total. The molecule has 8 amide bonds. The largest absolute Gasteiger partial charge is 0.465 e. The minimum absolute atomic E-state index is 0.000972. The van der Waals surface area contributed by atoms with Gasteiger partial charge in [0.1, 0.15) is 49.0 Å². The van der Waals surface area contributed by atoms with Crippen LogP contribution >= 0.6 is 0 Å². The van der Waals surface area contributed by atoms with Gasteiger partial charge in [-0.25, -0.2) is 0 Å². The Morgan fingerprint density at radius 1 is 0.562 bits per heavy atom. The van der Waals surface area contributed by atoms with Crippen LogP contribution < -0.4 is 10.6 Å². The lowest BCUT2D eigenvalue weighted by Gasteiger charge is -2.42. The number of rotatable bonds is 38. The van der Waals surface area contributed by atoms with Crippen LogP contribution in [0.5, 0.6) is 0 Å². The summed E-state index contributed by atoms with van der Waals surface area (Å²) in [5.74, 6) is -10.1. The number of carbonyl (C=O) groups excluding carboxylic acids is 11. The summed E-state index contributed by atoms with van der Waals surface area (Å²) in [4.78, 5) is 165. The fraction of sp³-hybridized carbons (Fsp3) is 0.662. The molecule has 536 valence electrons. The average Bonchev–Trinajstić information content (AvgIpc) is 1.59. The van der Waals surface area contributed by atoms with Crippen LogP contribution in [0.25, 0.3) is 11.1 Å². The molecule has 1 aliphatic carbocycles. The van der Waals surface area contributed by atoms with Gasteiger partial charge in [0.15, 0.2) is 5.78 Å². The second-order valence-corrected chi connectivity index (χ2v) is 28.4. The quantitative estimate of drug-likeness (QED) is 0.0426. The van der Waals surface area contributed by atoms with Gasteiger partial charge in [0.25, 0.3) is 0 Å². The molecule has 0 fully saturated rings. The van der Waals surface area contributed by atoms with Crippen LogP contribution in [0.3, 0.4) is 0 Å². The summed E-state index contributed by atoms with van der Waals surface area (Å²) in [5, 5.41) is 15.1. The van der Waals surface area contributed by atoms with Gasteiger partial charge in [-0.3, -0.25) is 52.7 Å². The van der Waals surface area contributed by atoms with Crippen molar-refractivity contribution >= 4 is 65.0 Å². The van der Waals surface area contributed by atoms with Crippen LogP contribution in [0.1, 0.15) is 173 Å². The third kappa shape index (κ3) is 22.3. The molecule has 0 bridgehead atoms. The van der Waals surface area contributed by atoms with Crippen LogP contribution in [-0.4, -0.2) is 210 Å². The van der Waals surface area contributed by atoms with Crippen molar-refractivity contribution in [1.82, 2.24) is 40.0 Å². The molecule has 3 N–H and O–H groups in total. The van der Waals surface area contributed by atoms with Gasteiger partial charge in [-0.2, -0.15) is 0 Å². The number of hydrogen-bond acceptors (Lipinski definition) is 14. The van der Waals surface area contributed by atoms with E-state index in [1.807, 2.05) is 105 Å². The van der Waals surface area contributed by atoms with Crippen molar-refractivity contribution in [2.75, 3.05) is 62.0 Å². The molecular weight excluding hydrogens is 1220 g/mol. The number of esters is 2. The van der Waals surface area contributed by atoms with Gasteiger partial charge in [0.2, 0.25) is 47.3 Å². The predicted molar refractivity (Wildman–Crippen MR) is 371 cm³/mol. The summed E-state index contributed by atoms with van der Waals surface area (Å²) in [6, 6.07) is 7.74. The number of amides is 8. The zero-order valence-corrected chi connectivity index (χ0v) is 61.6. The lowest BCUT2D eigenvalue weighted by Crippen LogP contribution is -2.64. The highest BCUT2D eigenvalue weighted by Gasteiger charge is 2.47. The Labute approximate surface area is 572 Å². The first kappa shape index (κ1) is 82.7. The van der Waals surface area contributed by atoms with Crippen LogP contribution in [0.15, 0.2) is 60.7 Å². The molecule has 11 atom stereocenters. The summed E-state index contributed by atoms with van der Waals surface area (Å²) in [7, 11) is 8.78. The van der Waals surface area contributed by atoms with E-state index in [-0.39, 0.29) is 93.7 Å². The van der Waals surface area contributed by atoms with Gasteiger partial charge in [-0.05, 0) is 104 Å². The molecule has 0 saturated carbocycles. The maximum Gasteiger partial charge on any atom is 0.306 e. The van der Waals surface area contributed by atoms with E-state index in [1.165, 1.54) is 73.6 Å². The molecule has 0 aliphatic heterocycles. The van der Waals surface area contributed by atoms with Crippen LogP contribution in [-0.2, 0) is 62.2 Å². The lowest BCUT2D eigenvalue weighted by molar-refractivity contribution is -0.164. The zero-order valence-electron chi connectivity index (χ0n) is 61.6. The van der Waals surface area contributed by atoms with Crippen molar-refractivity contribution in [1.29, 1.82) is 0 Å². The van der Waals surface area contributed by atoms with Crippen LogP contribution in [0.2, 0.25) is 0 Å². The number of aliphatic hydroxyl groups is 1. The van der Waals surface area contributed by atoms with E-state index in [0.29, 0.717) is 6.42 Å². The molecule has 0 heterocycles. The van der Waals surface area contributed by atoms with Crippen LogP contribution in [0.4, 0.5) is 0 Å². The Balaban J connectivity index is 1.87. The fourth-order valence-electron chi connectivity index (χ4n) is 12.8. The minimum atomic E-state index is -1.51. The SMILES string of the molecule is C/C=C/C[C@@H](C)[C@@H](OC(C)=O)[C@@H](C(=O)N[C@@H](CC)C(=O)N(C)CCO)N(C)C(=O)[C@H](C(C)C)N(C)C(=O)[C@H](CC(C)C)N(C)C(=O)[C@H](CC(C)C)N(C)C(=O)[C@@H](C)NC(=O)[C@H](C)CC(=O)[C@@H](CC(C)C)N(C)C(=O)[C@@H](CC(=O)OCC1c2ccccc2-c2ccccc21)C(C)C. The second kappa shape index (κ2) is 38.5. The zero-order chi connectivity index (χ0) is 72.9. The van der Waals surface area contributed by atoms with Crippen molar-refractivity contribution in [3.05, 3.63) is 71.8 Å². The van der Waals surface area contributed by atoms with Gasteiger partial charge in [-0.15, -0.1) is 0 Å². The third-order valence-corrected chi connectivity index (χ3v) is 18.5. The summed E-state index contributed by atoms with van der Waals surface area (Å²) >= 11 is 0. The van der Waals surface area contributed by atoms with E-state index >= 15 is 14.4 Å². The number of ketones is 1. The standard InChI is InChI=1S/C74H116N8O14/c1-23-25-30-48(13)66(96-51(16)84)65(68(88)76-58(24-2)71(91)77(17)35-36-83)82(22)74(94)64(47(11)12)81(21)73(93)61(39-45(7)8)80(20)72(92)60(38-44(5)6)79(19)69(89)50(15)75-67(87)49(14)40-62(85)59(37-43(3)4)78(18)70(90)56(46(9)10)41-63(86)95-42-57-54-33-28-26-31-52(54)53-32-27-29-34-55(53)57/h23,25-29,31-34,43-50,56-61,64-66,83H,24,30,35-42H2,1-22H3,(H,75,87)(H,76,88)/b25-23+/t48-,49-,50-,56+,58+,59-,60+,61+,64+,65+,66-/m1/s1. The van der Waals surface area contributed by atoms with E-state index in [9.17, 15) is 43.5 Å². The molecule has 0 unspecified atom stereocenters. The van der Waals surface area contributed by atoms with E-state index in [0.717, 1.165) is 27.2 Å². The molecule has 0 saturated heterocycles. The Morgan fingerprint density at radius 3 is 1.51 bits per heavy atom. The summed E-state index contributed by atoms with van der Waals surface area (Å²) in [6.07, 6.45) is 2.99. The molecule has 0 aromatic heterocycles. The number of nitrogens with one attached hydrogen (secondary N) is 2. The summed E-state index contributed by atoms with van der Waals surface area (Å²) < 4.78 is 11.8. The van der Waals surface area contributed by atoms with E-state index in [4.69, 9.17) is 9.47 Å². The Kier molecular flexibility index (Phi) is 33.1. The minimum Gasteiger partial charge on any atom is -0.465 e. The third-order valence-electron chi connectivity index (χ3n) is 18.5. The van der Waals surface area contributed by atoms with E-state index in [2.05, 4.69) is 22.8 Å². The first-order valence-electron chi connectivity index (χ1n) is 34.3. The molecule has 96 heavy (non-hydrogen) atoms. The Hall–Kier alpha value is -7.49. The molecule has 0 spiro atoms. The highest BCUT2D eigenvalue weighted by Crippen LogP contribution is 2.45. The molecule has 22 heteroatoms. The maximum atomic E-state index is 15.2. The molecule has 2 aromatic carbocycles. The first-order valence-corrected chi connectivity index (χ1v) is 34.3.